The molecule has 0 spiro atoms. The number of anilines is 1. The molecule has 0 unspecified atom stereocenters. The lowest BCUT2D eigenvalue weighted by Crippen LogP contribution is -2.30. The van der Waals surface area contributed by atoms with Gasteiger partial charge in [-0.05, 0) is 50.7 Å². The molecule has 0 aliphatic rings. The number of carbonyl (C=O) groups excluding carboxylic acids is 1. The zero-order valence-electron chi connectivity index (χ0n) is 20.6. The molecule has 188 valence electrons. The second kappa shape index (κ2) is 12.9. The first-order valence-electron chi connectivity index (χ1n) is 11.5. The molecule has 0 radical (unpaired) electrons. The number of carbonyl (C=O) groups is 1. The van der Waals surface area contributed by atoms with Gasteiger partial charge in [0.1, 0.15) is 5.65 Å². The fourth-order valence-electron chi connectivity index (χ4n) is 3.50. The number of aryl methyl sites for hydroxylation is 2. The van der Waals surface area contributed by atoms with E-state index in [0.717, 1.165) is 23.5 Å². The van der Waals surface area contributed by atoms with Crippen LogP contribution in [0.2, 0.25) is 0 Å². The molecule has 1 amide bonds. The number of hydrazine groups is 1. The number of fused-ring (bicyclic) bond motifs is 1. The molecule has 0 saturated heterocycles. The zero-order valence-corrected chi connectivity index (χ0v) is 20.6. The molecule has 0 aliphatic heterocycles. The van der Waals surface area contributed by atoms with Crippen LogP contribution in [0.3, 0.4) is 0 Å². The minimum absolute atomic E-state index is 0.221. The number of hydrogen-bond acceptors (Lipinski definition) is 8. The van der Waals surface area contributed by atoms with Gasteiger partial charge < -0.3 is 35.3 Å². The van der Waals surface area contributed by atoms with E-state index in [4.69, 9.17) is 21.1 Å². The summed E-state index contributed by atoms with van der Waals surface area (Å²) in [6.07, 6.45) is 3.51. The fourth-order valence-corrected chi connectivity index (χ4v) is 3.50. The van der Waals surface area contributed by atoms with E-state index in [0.29, 0.717) is 55.6 Å². The molecule has 6 N–H and O–H groups in total. The Morgan fingerprint density at radius 2 is 1.83 bits per heavy atom. The molecule has 0 bridgehead atoms. The maximum Gasteiger partial charge on any atom is 0.259 e. The van der Waals surface area contributed by atoms with Crippen LogP contribution in [0.25, 0.3) is 11.3 Å². The zero-order chi connectivity index (χ0) is 25.2. The Morgan fingerprint density at radius 3 is 2.54 bits per heavy atom. The lowest BCUT2D eigenvalue weighted by atomic mass is 10.1. The summed E-state index contributed by atoms with van der Waals surface area (Å²) in [4.78, 5) is 17.4. The molecule has 0 atom stereocenters. The molecule has 10 nitrogen and oxygen atoms in total. The Kier molecular flexibility index (Phi) is 9.62. The largest absolute Gasteiger partial charge is 0.397 e. The van der Waals surface area contributed by atoms with E-state index in [1.165, 1.54) is 5.01 Å². The standard InChI is InChI=1S/C25H35N7O3/c1-18-16-19(2)32-10-8-22(24(32)29-18)25(33)30-21-6-4-20(5-7-21)23(26)17-31(27)11-13-35-15-14-34-12-9-28-3/h4-8,10,16-17,28H,9,11-15,26-27H2,1-3H3,(H,30,33)/b23-17-. The second-order valence-electron chi connectivity index (χ2n) is 8.14. The molecule has 0 saturated carbocycles. The smallest absolute Gasteiger partial charge is 0.259 e. The molecule has 2 heterocycles. The molecule has 3 aromatic rings. The van der Waals surface area contributed by atoms with Crippen LogP contribution < -0.4 is 22.2 Å². The van der Waals surface area contributed by atoms with Crippen molar-refractivity contribution in [2.45, 2.75) is 13.8 Å². The van der Waals surface area contributed by atoms with Crippen LogP contribution in [0.5, 0.6) is 0 Å². The summed E-state index contributed by atoms with van der Waals surface area (Å²) in [6.45, 7) is 7.38. The molecule has 10 heteroatoms. The monoisotopic (exact) mass is 481 g/mol. The number of ether oxygens (including phenoxy) is 2. The molecule has 0 aliphatic carbocycles. The first-order valence-corrected chi connectivity index (χ1v) is 11.5. The van der Waals surface area contributed by atoms with Crippen molar-refractivity contribution < 1.29 is 14.3 Å². The van der Waals surface area contributed by atoms with Gasteiger partial charge in [0.25, 0.3) is 5.91 Å². The van der Waals surface area contributed by atoms with Crippen molar-refractivity contribution in [3.8, 4) is 0 Å². The van der Waals surface area contributed by atoms with Crippen molar-refractivity contribution in [2.75, 3.05) is 51.9 Å². The van der Waals surface area contributed by atoms with E-state index >= 15 is 0 Å². The van der Waals surface area contributed by atoms with Crippen molar-refractivity contribution >= 4 is 22.9 Å². The highest BCUT2D eigenvalue weighted by Crippen LogP contribution is 2.18. The number of nitrogens with two attached hydrogens (primary N) is 2. The predicted octanol–water partition coefficient (Wildman–Crippen LogP) is 1.89. The number of likely N-dealkylation sites (N-methyl/N-ethyl adjacent to an activating group) is 1. The summed E-state index contributed by atoms with van der Waals surface area (Å²) >= 11 is 0. The van der Waals surface area contributed by atoms with Crippen molar-refractivity contribution in [2.24, 2.45) is 11.6 Å². The van der Waals surface area contributed by atoms with Crippen molar-refractivity contribution in [3.63, 3.8) is 0 Å². The summed E-state index contributed by atoms with van der Waals surface area (Å²) in [6, 6.07) is 11.0. The van der Waals surface area contributed by atoms with E-state index in [1.54, 1.807) is 24.4 Å². The van der Waals surface area contributed by atoms with Gasteiger partial charge in [-0.25, -0.2) is 10.8 Å². The number of rotatable bonds is 13. The summed E-state index contributed by atoms with van der Waals surface area (Å²) in [5.74, 6) is 5.78. The lowest BCUT2D eigenvalue weighted by molar-refractivity contribution is 0.0438. The molecular formula is C25H35N7O3. The predicted molar refractivity (Wildman–Crippen MR) is 138 cm³/mol. The summed E-state index contributed by atoms with van der Waals surface area (Å²) < 4.78 is 12.8. The summed E-state index contributed by atoms with van der Waals surface area (Å²) in [7, 11) is 1.88. The third kappa shape index (κ3) is 7.52. The SMILES string of the molecule is CNCCOCCOCCN(N)/C=C(\N)c1ccc(NC(=O)c2ccn3c(C)cc(C)nc23)cc1. The quantitative estimate of drug-likeness (QED) is 0.165. The average Bonchev–Trinajstić information content (AvgIpc) is 3.25. The molecule has 0 fully saturated rings. The van der Waals surface area contributed by atoms with Crippen LogP contribution in [0.4, 0.5) is 5.69 Å². The third-order valence-corrected chi connectivity index (χ3v) is 5.33. The number of nitrogens with one attached hydrogen (secondary N) is 2. The van der Waals surface area contributed by atoms with Gasteiger partial charge in [0.15, 0.2) is 0 Å². The lowest BCUT2D eigenvalue weighted by Gasteiger charge is -2.15. The van der Waals surface area contributed by atoms with E-state index in [1.807, 2.05) is 49.7 Å². The van der Waals surface area contributed by atoms with Gasteiger partial charge in [-0.3, -0.25) is 4.79 Å². The van der Waals surface area contributed by atoms with Crippen molar-refractivity contribution in [1.82, 2.24) is 19.7 Å². The van der Waals surface area contributed by atoms with Crippen LogP contribution >= 0.6 is 0 Å². The van der Waals surface area contributed by atoms with Crippen molar-refractivity contribution in [1.29, 1.82) is 0 Å². The van der Waals surface area contributed by atoms with E-state index in [2.05, 4.69) is 15.6 Å². The van der Waals surface area contributed by atoms with Gasteiger partial charge in [0, 0.05) is 36.0 Å². The first-order chi connectivity index (χ1) is 16.9. The van der Waals surface area contributed by atoms with Crippen LogP contribution in [-0.2, 0) is 9.47 Å². The Balaban J connectivity index is 1.50. The Labute approximate surface area is 205 Å². The topological polar surface area (TPSA) is 132 Å². The van der Waals surface area contributed by atoms with E-state index < -0.39 is 0 Å². The van der Waals surface area contributed by atoms with Crippen LogP contribution in [0, 0.1) is 13.8 Å². The van der Waals surface area contributed by atoms with E-state index in [9.17, 15) is 4.79 Å². The first kappa shape index (κ1) is 26.2. The number of aromatic nitrogens is 2. The van der Waals surface area contributed by atoms with Crippen LogP contribution in [0.1, 0.15) is 27.3 Å². The number of amides is 1. The van der Waals surface area contributed by atoms with Gasteiger partial charge in [-0.15, -0.1) is 0 Å². The Morgan fingerprint density at radius 1 is 1.11 bits per heavy atom. The highest BCUT2D eigenvalue weighted by atomic mass is 16.5. The average molecular weight is 482 g/mol. The maximum absolute atomic E-state index is 12.8. The molecule has 35 heavy (non-hydrogen) atoms. The highest BCUT2D eigenvalue weighted by molar-refractivity contribution is 6.08. The Hall–Kier alpha value is -3.44. The van der Waals surface area contributed by atoms with Gasteiger partial charge in [-0.1, -0.05) is 12.1 Å². The molecule has 3 rings (SSSR count). The molecular weight excluding hydrogens is 446 g/mol. The third-order valence-electron chi connectivity index (χ3n) is 5.33. The number of nitrogens with zero attached hydrogens (tertiary/aromatic N) is 3. The summed E-state index contributed by atoms with van der Waals surface area (Å²) in [5.41, 5.74) is 11.2. The molecule has 1 aromatic carbocycles. The number of benzene rings is 1. The fraction of sp³-hybridized carbons (Fsp3) is 0.360. The second-order valence-corrected chi connectivity index (χ2v) is 8.14. The summed E-state index contributed by atoms with van der Waals surface area (Å²) in [5, 5.41) is 7.42. The van der Waals surface area contributed by atoms with Gasteiger partial charge in [-0.2, -0.15) is 0 Å². The van der Waals surface area contributed by atoms with Gasteiger partial charge >= 0.3 is 0 Å². The van der Waals surface area contributed by atoms with Gasteiger partial charge in [0.05, 0.1) is 44.2 Å². The van der Waals surface area contributed by atoms with Crippen LogP contribution in [-0.4, -0.2) is 66.9 Å². The highest BCUT2D eigenvalue weighted by Gasteiger charge is 2.14. The molecule has 2 aromatic heterocycles. The van der Waals surface area contributed by atoms with E-state index in [-0.39, 0.29) is 5.91 Å². The van der Waals surface area contributed by atoms with Crippen LogP contribution in [0.15, 0.2) is 48.8 Å². The Bertz CT molecular complexity index is 1140. The normalized spacial score (nSPS) is 11.7. The minimum Gasteiger partial charge on any atom is -0.397 e. The van der Waals surface area contributed by atoms with Gasteiger partial charge in [0.2, 0.25) is 0 Å². The van der Waals surface area contributed by atoms with Crippen molar-refractivity contribution in [3.05, 3.63) is 71.3 Å². The number of hydrogen-bond donors (Lipinski definition) is 4. The maximum atomic E-state index is 12.8. The minimum atomic E-state index is -0.221.